The van der Waals surface area contributed by atoms with Gasteiger partial charge in [-0.2, -0.15) is 5.10 Å². The van der Waals surface area contributed by atoms with E-state index in [0.717, 1.165) is 55.8 Å². The Morgan fingerprint density at radius 2 is 1.23 bits per heavy atom. The maximum Gasteiger partial charge on any atom is 0.219 e. The van der Waals surface area contributed by atoms with Crippen LogP contribution in [0.3, 0.4) is 0 Å². The first-order valence-corrected chi connectivity index (χ1v) is 14.4. The fourth-order valence-corrected chi connectivity index (χ4v) is 6.22. The van der Waals surface area contributed by atoms with Gasteiger partial charge in [-0.25, -0.2) is 14.6 Å². The Balaban J connectivity index is 1.17. The largest absolute Gasteiger partial charge is 0.439 e. The average molecular weight is 569 g/mol. The van der Waals surface area contributed by atoms with E-state index in [0.29, 0.717) is 5.88 Å². The number of hydrogen-bond acceptors (Lipinski definition) is 4. The van der Waals surface area contributed by atoms with Gasteiger partial charge in [0, 0.05) is 51.8 Å². The van der Waals surface area contributed by atoms with E-state index in [9.17, 15) is 0 Å². The van der Waals surface area contributed by atoms with Gasteiger partial charge in [0.05, 0.1) is 40.3 Å². The predicted molar refractivity (Wildman–Crippen MR) is 174 cm³/mol. The molecule has 0 amide bonds. The van der Waals surface area contributed by atoms with E-state index in [1.165, 1.54) is 10.8 Å². The van der Waals surface area contributed by atoms with Crippen molar-refractivity contribution in [1.29, 1.82) is 0 Å². The van der Waals surface area contributed by atoms with Crippen molar-refractivity contribution in [2.45, 2.75) is 0 Å². The van der Waals surface area contributed by atoms with Crippen molar-refractivity contribution >= 4 is 43.7 Å². The molecular weight excluding hydrogens is 544 g/mol. The van der Waals surface area contributed by atoms with Crippen molar-refractivity contribution < 1.29 is 4.74 Å². The lowest BCUT2D eigenvalue weighted by molar-refractivity contribution is 0.463. The minimum Gasteiger partial charge on any atom is -0.439 e. The summed E-state index contributed by atoms with van der Waals surface area (Å²) in [6, 6.07) is 41.3. The molecule has 0 unspecified atom stereocenters. The van der Waals surface area contributed by atoms with E-state index >= 15 is 0 Å². The number of para-hydroxylation sites is 2. The van der Waals surface area contributed by atoms with Crippen LogP contribution in [0.15, 0.2) is 146 Å². The molecule has 7 heteroatoms. The summed E-state index contributed by atoms with van der Waals surface area (Å²) >= 11 is 0. The second-order valence-electron chi connectivity index (χ2n) is 10.7. The number of rotatable bonds is 5. The van der Waals surface area contributed by atoms with Gasteiger partial charge in [-0.05, 0) is 60.7 Å². The Bertz CT molecular complexity index is 2430. The summed E-state index contributed by atoms with van der Waals surface area (Å²) in [6.07, 6.45) is 7.53. The van der Waals surface area contributed by atoms with Gasteiger partial charge >= 0.3 is 0 Å². The molecular formula is C37H24N6O. The molecule has 0 aliphatic carbocycles. The zero-order chi connectivity index (χ0) is 29.0. The summed E-state index contributed by atoms with van der Waals surface area (Å²) in [6.45, 7) is 0. The first-order chi connectivity index (χ1) is 21.8. The van der Waals surface area contributed by atoms with E-state index < -0.39 is 0 Å². The standard InChI is InChI=1S/C37H24N6O/c1-3-14-33-29(11-1)31-18-17-28(44-36-16-5-6-19-38-36)22-35(31)42(33)26-10-7-9-25(21-26)41-24-27(23-40-41)43-34-15-4-2-12-30(34)32-13-8-20-39-37(32)43/h1-24H. The molecule has 9 aromatic rings. The minimum absolute atomic E-state index is 0.560. The van der Waals surface area contributed by atoms with Crippen LogP contribution in [0, 0.1) is 0 Å². The highest BCUT2D eigenvalue weighted by atomic mass is 16.5. The van der Waals surface area contributed by atoms with Crippen molar-refractivity contribution in [3.05, 3.63) is 146 Å². The molecule has 0 spiro atoms. The molecule has 208 valence electrons. The SMILES string of the molecule is c1ccc(Oc2ccc3c4ccccc4n(-c4cccc(-n5cc(-n6c7ccccc7c7cccnc76)cn5)c4)c3c2)nc1. The first-order valence-electron chi connectivity index (χ1n) is 14.4. The van der Waals surface area contributed by atoms with Crippen LogP contribution in [0.5, 0.6) is 11.6 Å². The third-order valence-electron chi connectivity index (χ3n) is 8.12. The van der Waals surface area contributed by atoms with Crippen LogP contribution in [0.1, 0.15) is 0 Å². The molecule has 0 bridgehead atoms. The van der Waals surface area contributed by atoms with Gasteiger partial charge in [0.25, 0.3) is 0 Å². The summed E-state index contributed by atoms with van der Waals surface area (Å²) in [5.41, 5.74) is 7.11. The monoisotopic (exact) mass is 568 g/mol. The third-order valence-corrected chi connectivity index (χ3v) is 8.12. The van der Waals surface area contributed by atoms with Crippen LogP contribution in [0.2, 0.25) is 0 Å². The zero-order valence-corrected chi connectivity index (χ0v) is 23.4. The fourth-order valence-electron chi connectivity index (χ4n) is 6.22. The lowest BCUT2D eigenvalue weighted by Crippen LogP contribution is -1.99. The van der Waals surface area contributed by atoms with Gasteiger partial charge in [-0.15, -0.1) is 0 Å². The summed E-state index contributed by atoms with van der Waals surface area (Å²) in [5, 5.41) is 9.42. The molecule has 0 radical (unpaired) electrons. The van der Waals surface area contributed by atoms with Crippen LogP contribution >= 0.6 is 0 Å². The fraction of sp³-hybridized carbons (Fsp3) is 0. The maximum atomic E-state index is 6.12. The summed E-state index contributed by atoms with van der Waals surface area (Å²) < 4.78 is 12.5. The molecule has 4 aromatic carbocycles. The van der Waals surface area contributed by atoms with Crippen molar-refractivity contribution in [2.75, 3.05) is 0 Å². The van der Waals surface area contributed by atoms with Crippen LogP contribution in [-0.2, 0) is 0 Å². The van der Waals surface area contributed by atoms with E-state index in [1.807, 2.05) is 47.4 Å². The molecule has 7 nitrogen and oxygen atoms in total. The minimum atomic E-state index is 0.560. The van der Waals surface area contributed by atoms with Crippen molar-refractivity contribution in [1.82, 2.24) is 28.9 Å². The van der Waals surface area contributed by atoms with E-state index in [1.54, 1.807) is 6.20 Å². The highest BCUT2D eigenvalue weighted by molar-refractivity contribution is 6.10. The normalized spacial score (nSPS) is 11.6. The summed E-state index contributed by atoms with van der Waals surface area (Å²) in [4.78, 5) is 9.06. The Labute approximate surface area is 251 Å². The summed E-state index contributed by atoms with van der Waals surface area (Å²) in [7, 11) is 0. The number of hydrogen-bond donors (Lipinski definition) is 0. The lowest BCUT2D eigenvalue weighted by Gasteiger charge is -2.11. The second kappa shape index (κ2) is 9.68. The van der Waals surface area contributed by atoms with Gasteiger partial charge in [-0.3, -0.25) is 4.57 Å². The number of ether oxygens (including phenoxy) is 1. The molecule has 0 atom stereocenters. The molecule has 0 N–H and O–H groups in total. The van der Waals surface area contributed by atoms with Crippen molar-refractivity contribution in [2.24, 2.45) is 0 Å². The third kappa shape index (κ3) is 3.80. The van der Waals surface area contributed by atoms with Gasteiger partial charge in [0.2, 0.25) is 5.88 Å². The predicted octanol–water partition coefficient (Wildman–Crippen LogP) is 8.65. The van der Waals surface area contributed by atoms with Gasteiger partial charge in [0.1, 0.15) is 11.4 Å². The molecule has 0 saturated carbocycles. The van der Waals surface area contributed by atoms with E-state index in [4.69, 9.17) is 14.8 Å². The lowest BCUT2D eigenvalue weighted by atomic mass is 10.1. The smallest absolute Gasteiger partial charge is 0.219 e. The molecule has 5 aromatic heterocycles. The molecule has 0 aliphatic heterocycles. The molecule has 0 fully saturated rings. The van der Waals surface area contributed by atoms with Gasteiger partial charge in [0.15, 0.2) is 0 Å². The Kier molecular flexibility index (Phi) is 5.36. The second-order valence-corrected chi connectivity index (χ2v) is 10.7. The average Bonchev–Trinajstić information content (AvgIpc) is 3.78. The van der Waals surface area contributed by atoms with Crippen LogP contribution in [-0.4, -0.2) is 28.9 Å². The van der Waals surface area contributed by atoms with Crippen molar-refractivity contribution in [3.8, 4) is 28.7 Å². The number of benzene rings is 4. The maximum absolute atomic E-state index is 6.12. The highest BCUT2D eigenvalue weighted by Crippen LogP contribution is 2.36. The number of nitrogens with zero attached hydrogens (tertiary/aromatic N) is 6. The molecule has 5 heterocycles. The molecule has 0 aliphatic rings. The van der Waals surface area contributed by atoms with Crippen LogP contribution in [0.4, 0.5) is 0 Å². The molecule has 9 rings (SSSR count). The van der Waals surface area contributed by atoms with Crippen molar-refractivity contribution in [3.63, 3.8) is 0 Å². The Hall–Kier alpha value is -6.21. The molecule has 0 saturated heterocycles. The number of fused-ring (bicyclic) bond motifs is 6. The van der Waals surface area contributed by atoms with Gasteiger partial charge in [-0.1, -0.05) is 48.5 Å². The van der Waals surface area contributed by atoms with Crippen LogP contribution in [0.25, 0.3) is 60.8 Å². The number of aromatic nitrogens is 6. The Morgan fingerprint density at radius 3 is 2.09 bits per heavy atom. The van der Waals surface area contributed by atoms with E-state index in [-0.39, 0.29) is 0 Å². The topological polar surface area (TPSA) is 62.7 Å². The first kappa shape index (κ1) is 24.4. The van der Waals surface area contributed by atoms with Gasteiger partial charge < -0.3 is 9.30 Å². The highest BCUT2D eigenvalue weighted by Gasteiger charge is 2.16. The van der Waals surface area contributed by atoms with E-state index in [2.05, 4.69) is 111 Å². The van der Waals surface area contributed by atoms with Crippen LogP contribution < -0.4 is 4.74 Å². The summed E-state index contributed by atoms with van der Waals surface area (Å²) in [5.74, 6) is 1.29. The Morgan fingerprint density at radius 1 is 0.500 bits per heavy atom. The number of pyridine rings is 2. The molecule has 44 heavy (non-hydrogen) atoms. The zero-order valence-electron chi connectivity index (χ0n) is 23.4. The quantitative estimate of drug-likeness (QED) is 0.208.